The molecule has 0 aliphatic rings. The van der Waals surface area contributed by atoms with Crippen molar-refractivity contribution in [2.24, 2.45) is 0 Å². The maximum Gasteiger partial charge on any atom is 0.365 e. The molecular weight excluding hydrogens is 214 g/mol. The van der Waals surface area contributed by atoms with Crippen LogP contribution in [0, 0.1) is 10.1 Å². The van der Waals surface area contributed by atoms with Gasteiger partial charge in [-0.1, -0.05) is 6.92 Å². The minimum Gasteiger partial charge on any atom is -0.464 e. The van der Waals surface area contributed by atoms with E-state index in [2.05, 4.69) is 9.84 Å². The Balaban J connectivity index is 3.20. The predicted octanol–water partition coefficient (Wildman–Crippen LogP) is 1.55. The summed E-state index contributed by atoms with van der Waals surface area (Å²) in [4.78, 5) is 21.3. The third kappa shape index (κ3) is 2.18. The molecule has 1 aromatic heterocycles. The predicted molar refractivity (Wildman–Crippen MR) is 55.2 cm³/mol. The van der Waals surface area contributed by atoms with Crippen LogP contribution in [-0.2, 0) is 4.74 Å². The number of hydrogen-bond acceptors (Lipinski definition) is 5. The Kier molecular flexibility index (Phi) is 3.60. The normalized spacial score (nSPS) is 12.2. The van der Waals surface area contributed by atoms with Gasteiger partial charge in [-0.15, -0.1) is 0 Å². The van der Waals surface area contributed by atoms with Crippen molar-refractivity contribution < 1.29 is 14.5 Å². The standard InChI is InChI=1S/C9H13N3O4/c1-4-6(2)11-5-7(12(14)15)8(10-11)9(13)16-3/h5-6H,4H2,1-3H3/t6-/m0/s1. The topological polar surface area (TPSA) is 87.3 Å². The van der Waals surface area contributed by atoms with E-state index >= 15 is 0 Å². The highest BCUT2D eigenvalue weighted by molar-refractivity contribution is 5.91. The van der Waals surface area contributed by atoms with E-state index in [0.29, 0.717) is 0 Å². The molecule has 1 rings (SSSR count). The number of carbonyl (C=O) groups excluding carboxylic acids is 1. The lowest BCUT2D eigenvalue weighted by atomic mass is 10.3. The number of carbonyl (C=O) groups is 1. The molecule has 0 aromatic carbocycles. The van der Waals surface area contributed by atoms with Gasteiger partial charge in [0.1, 0.15) is 6.20 Å². The third-order valence-corrected chi connectivity index (χ3v) is 2.33. The number of methoxy groups -OCH3 is 1. The van der Waals surface area contributed by atoms with Gasteiger partial charge in [0.2, 0.25) is 5.69 Å². The van der Waals surface area contributed by atoms with Gasteiger partial charge in [0.25, 0.3) is 0 Å². The summed E-state index contributed by atoms with van der Waals surface area (Å²) < 4.78 is 5.84. The first kappa shape index (κ1) is 12.2. The van der Waals surface area contributed by atoms with Crippen LogP contribution in [0.4, 0.5) is 5.69 Å². The van der Waals surface area contributed by atoms with E-state index in [9.17, 15) is 14.9 Å². The Bertz CT molecular complexity index is 413. The maximum absolute atomic E-state index is 11.3. The number of nitro groups is 1. The molecule has 1 aromatic rings. The van der Waals surface area contributed by atoms with E-state index in [1.165, 1.54) is 10.9 Å². The van der Waals surface area contributed by atoms with Gasteiger partial charge >= 0.3 is 11.7 Å². The van der Waals surface area contributed by atoms with Crippen molar-refractivity contribution in [3.63, 3.8) is 0 Å². The van der Waals surface area contributed by atoms with Crippen LogP contribution in [0.5, 0.6) is 0 Å². The zero-order valence-electron chi connectivity index (χ0n) is 9.34. The Morgan fingerprint density at radius 3 is 2.81 bits per heavy atom. The molecule has 7 nitrogen and oxygen atoms in total. The molecule has 0 aliphatic heterocycles. The molecule has 0 aliphatic carbocycles. The van der Waals surface area contributed by atoms with Crippen LogP contribution in [0.2, 0.25) is 0 Å². The van der Waals surface area contributed by atoms with Gasteiger partial charge in [-0.25, -0.2) is 4.79 Å². The van der Waals surface area contributed by atoms with Crippen LogP contribution in [-0.4, -0.2) is 27.8 Å². The van der Waals surface area contributed by atoms with Crippen molar-refractivity contribution in [2.75, 3.05) is 7.11 Å². The second-order valence-corrected chi connectivity index (χ2v) is 3.35. The molecule has 0 unspecified atom stereocenters. The van der Waals surface area contributed by atoms with Gasteiger partial charge < -0.3 is 4.74 Å². The van der Waals surface area contributed by atoms with Crippen LogP contribution in [0.1, 0.15) is 36.8 Å². The van der Waals surface area contributed by atoms with E-state index in [4.69, 9.17) is 0 Å². The summed E-state index contributed by atoms with van der Waals surface area (Å²) >= 11 is 0. The van der Waals surface area contributed by atoms with Gasteiger partial charge in [0.05, 0.1) is 12.0 Å². The average Bonchev–Trinajstić information content (AvgIpc) is 2.71. The first-order valence-corrected chi connectivity index (χ1v) is 4.83. The molecule has 0 saturated carbocycles. The number of rotatable bonds is 4. The first-order chi connectivity index (χ1) is 7.51. The van der Waals surface area contributed by atoms with E-state index in [-0.39, 0.29) is 17.4 Å². The van der Waals surface area contributed by atoms with Crippen molar-refractivity contribution in [1.29, 1.82) is 0 Å². The highest BCUT2D eigenvalue weighted by Gasteiger charge is 2.27. The minimum atomic E-state index is -0.797. The van der Waals surface area contributed by atoms with Crippen LogP contribution in [0.25, 0.3) is 0 Å². The summed E-state index contributed by atoms with van der Waals surface area (Å²) in [6.07, 6.45) is 2.01. The van der Waals surface area contributed by atoms with Gasteiger partial charge in [-0.05, 0) is 13.3 Å². The molecule has 0 spiro atoms. The van der Waals surface area contributed by atoms with Gasteiger partial charge in [0.15, 0.2) is 0 Å². The molecule has 16 heavy (non-hydrogen) atoms. The maximum atomic E-state index is 11.3. The monoisotopic (exact) mass is 227 g/mol. The molecule has 0 fully saturated rings. The molecule has 7 heteroatoms. The molecule has 0 amide bonds. The lowest BCUT2D eigenvalue weighted by Crippen LogP contribution is -2.08. The molecule has 0 bridgehead atoms. The van der Waals surface area contributed by atoms with Crippen molar-refractivity contribution in [3.8, 4) is 0 Å². The van der Waals surface area contributed by atoms with E-state index in [1.54, 1.807) is 0 Å². The van der Waals surface area contributed by atoms with Crippen LogP contribution in [0.15, 0.2) is 6.20 Å². The van der Waals surface area contributed by atoms with Crippen molar-refractivity contribution in [1.82, 2.24) is 9.78 Å². The lowest BCUT2D eigenvalue weighted by molar-refractivity contribution is -0.385. The van der Waals surface area contributed by atoms with E-state index in [0.717, 1.165) is 13.5 Å². The minimum absolute atomic E-state index is 0.00268. The fourth-order valence-corrected chi connectivity index (χ4v) is 1.17. The van der Waals surface area contributed by atoms with E-state index < -0.39 is 10.9 Å². The van der Waals surface area contributed by atoms with Gasteiger partial charge in [0, 0.05) is 6.04 Å². The fourth-order valence-electron chi connectivity index (χ4n) is 1.17. The van der Waals surface area contributed by atoms with Gasteiger partial charge in [-0.3, -0.25) is 14.8 Å². The number of esters is 1. The Morgan fingerprint density at radius 2 is 2.38 bits per heavy atom. The van der Waals surface area contributed by atoms with Crippen molar-refractivity contribution in [2.45, 2.75) is 26.3 Å². The number of hydrogen-bond donors (Lipinski definition) is 0. The molecule has 1 heterocycles. The molecule has 88 valence electrons. The largest absolute Gasteiger partial charge is 0.464 e. The summed E-state index contributed by atoms with van der Waals surface area (Å²) in [6, 6.07) is -0.00268. The van der Waals surface area contributed by atoms with E-state index in [1.807, 2.05) is 13.8 Å². The first-order valence-electron chi connectivity index (χ1n) is 4.83. The van der Waals surface area contributed by atoms with Crippen LogP contribution < -0.4 is 0 Å². The Hall–Kier alpha value is -1.92. The second-order valence-electron chi connectivity index (χ2n) is 3.35. The average molecular weight is 227 g/mol. The summed E-state index contributed by atoms with van der Waals surface area (Å²) in [5, 5.41) is 14.6. The summed E-state index contributed by atoms with van der Waals surface area (Å²) in [6.45, 7) is 3.79. The summed E-state index contributed by atoms with van der Waals surface area (Å²) in [5.41, 5.74) is -0.583. The van der Waals surface area contributed by atoms with Crippen molar-refractivity contribution >= 4 is 11.7 Å². The summed E-state index contributed by atoms with van der Waals surface area (Å²) in [5.74, 6) is -0.797. The number of aromatic nitrogens is 2. The molecule has 0 N–H and O–H groups in total. The highest BCUT2D eigenvalue weighted by atomic mass is 16.6. The zero-order valence-corrected chi connectivity index (χ0v) is 9.34. The molecular formula is C9H13N3O4. The van der Waals surface area contributed by atoms with Crippen LogP contribution >= 0.6 is 0 Å². The lowest BCUT2D eigenvalue weighted by Gasteiger charge is -2.06. The van der Waals surface area contributed by atoms with Crippen LogP contribution in [0.3, 0.4) is 0 Å². The smallest absolute Gasteiger partial charge is 0.365 e. The number of nitrogens with zero attached hydrogens (tertiary/aromatic N) is 3. The van der Waals surface area contributed by atoms with Gasteiger partial charge in [-0.2, -0.15) is 5.10 Å². The molecule has 1 atom stereocenters. The fraction of sp³-hybridized carbons (Fsp3) is 0.556. The molecule has 0 saturated heterocycles. The Labute approximate surface area is 92.2 Å². The SMILES string of the molecule is CC[C@H](C)n1cc([N+](=O)[O-])c(C(=O)OC)n1. The third-order valence-electron chi connectivity index (χ3n) is 2.33. The van der Waals surface area contributed by atoms with Crippen molar-refractivity contribution in [3.05, 3.63) is 22.0 Å². The zero-order chi connectivity index (χ0) is 12.3. The Morgan fingerprint density at radius 1 is 1.75 bits per heavy atom. The number of ether oxygens (including phenoxy) is 1. The quantitative estimate of drug-likeness (QED) is 0.442. The molecule has 0 radical (unpaired) electrons. The summed E-state index contributed by atoms with van der Waals surface area (Å²) in [7, 11) is 1.16. The second kappa shape index (κ2) is 4.73. The highest BCUT2D eigenvalue weighted by Crippen LogP contribution is 2.21.